The first kappa shape index (κ1) is 14.1. The minimum atomic E-state index is -3.66. The Hall–Kier alpha value is -0.950. The molecule has 1 aromatic carbocycles. The highest BCUT2D eigenvalue weighted by molar-refractivity contribution is 9.10. The summed E-state index contributed by atoms with van der Waals surface area (Å²) < 4.78 is 35.9. The lowest BCUT2D eigenvalue weighted by Gasteiger charge is -2.06. The fraction of sp³-hybridized carbons (Fsp3) is 0.300. The van der Waals surface area contributed by atoms with Gasteiger partial charge in [-0.1, -0.05) is 0 Å². The quantitative estimate of drug-likeness (QED) is 0.901. The summed E-state index contributed by atoms with van der Waals surface area (Å²) >= 11 is 3.04. The maximum absolute atomic E-state index is 12.0. The maximum atomic E-state index is 12.0. The van der Waals surface area contributed by atoms with Crippen molar-refractivity contribution in [3.8, 4) is 0 Å². The SMILES string of the molecule is O=C(O)c1ccc(Br)c(S(=O)(=O)CCCF)c1. The van der Waals surface area contributed by atoms with Crippen LogP contribution in [0.3, 0.4) is 0 Å². The number of aromatic carboxylic acids is 1. The van der Waals surface area contributed by atoms with Gasteiger partial charge >= 0.3 is 5.97 Å². The van der Waals surface area contributed by atoms with E-state index in [1.807, 2.05) is 0 Å². The zero-order valence-corrected chi connectivity index (χ0v) is 11.1. The van der Waals surface area contributed by atoms with E-state index in [1.54, 1.807) is 0 Å². The first-order chi connectivity index (χ1) is 7.88. The van der Waals surface area contributed by atoms with Crippen molar-refractivity contribution in [2.75, 3.05) is 12.4 Å². The second kappa shape index (κ2) is 5.59. The van der Waals surface area contributed by atoms with Gasteiger partial charge in [0.1, 0.15) is 0 Å². The van der Waals surface area contributed by atoms with E-state index in [-0.39, 0.29) is 27.1 Å². The first-order valence-electron chi connectivity index (χ1n) is 4.70. The summed E-state index contributed by atoms with van der Waals surface area (Å²) in [5.41, 5.74) is -0.118. The second-order valence-corrected chi connectivity index (χ2v) is 6.24. The summed E-state index contributed by atoms with van der Waals surface area (Å²) in [4.78, 5) is 10.6. The van der Waals surface area contributed by atoms with Gasteiger partial charge in [0.15, 0.2) is 9.84 Å². The van der Waals surface area contributed by atoms with Gasteiger partial charge in [0.05, 0.1) is 22.9 Å². The summed E-state index contributed by atoms with van der Waals surface area (Å²) in [6.45, 7) is -0.727. The van der Waals surface area contributed by atoms with E-state index in [4.69, 9.17) is 5.11 Å². The summed E-state index contributed by atoms with van der Waals surface area (Å²) in [6, 6.07) is 3.71. The number of sulfone groups is 1. The van der Waals surface area contributed by atoms with Crippen molar-refractivity contribution < 1.29 is 22.7 Å². The molecule has 0 aromatic heterocycles. The molecule has 1 N–H and O–H groups in total. The van der Waals surface area contributed by atoms with E-state index in [1.165, 1.54) is 12.1 Å². The Morgan fingerprint density at radius 1 is 1.41 bits per heavy atom. The van der Waals surface area contributed by atoms with Crippen molar-refractivity contribution in [1.29, 1.82) is 0 Å². The van der Waals surface area contributed by atoms with Crippen LogP contribution in [0.5, 0.6) is 0 Å². The smallest absolute Gasteiger partial charge is 0.335 e. The molecule has 0 heterocycles. The molecule has 1 rings (SSSR count). The number of hydrogen-bond acceptors (Lipinski definition) is 3. The normalized spacial score (nSPS) is 11.4. The Kier molecular flexibility index (Phi) is 4.64. The minimum Gasteiger partial charge on any atom is -0.478 e. The Bertz CT molecular complexity index is 527. The highest BCUT2D eigenvalue weighted by atomic mass is 79.9. The molecule has 0 bridgehead atoms. The summed E-state index contributed by atoms with van der Waals surface area (Å²) in [5, 5.41) is 8.77. The van der Waals surface area contributed by atoms with Gasteiger partial charge < -0.3 is 5.11 Å². The lowest BCUT2D eigenvalue weighted by atomic mass is 10.2. The third-order valence-electron chi connectivity index (χ3n) is 2.06. The van der Waals surface area contributed by atoms with Crippen molar-refractivity contribution in [1.82, 2.24) is 0 Å². The number of carboxylic acid groups (broad SMARTS) is 1. The fourth-order valence-electron chi connectivity index (χ4n) is 1.23. The molecule has 7 heteroatoms. The summed E-state index contributed by atoms with van der Waals surface area (Å²) in [6.07, 6.45) is -0.105. The topological polar surface area (TPSA) is 71.4 Å². The zero-order valence-electron chi connectivity index (χ0n) is 8.69. The van der Waals surface area contributed by atoms with Gasteiger partial charge in [0.2, 0.25) is 0 Å². The molecule has 0 spiro atoms. The van der Waals surface area contributed by atoms with Crippen LogP contribution in [0.4, 0.5) is 4.39 Å². The van der Waals surface area contributed by atoms with Crippen LogP contribution in [0.1, 0.15) is 16.8 Å². The number of benzene rings is 1. The van der Waals surface area contributed by atoms with Crippen LogP contribution in [0, 0.1) is 0 Å². The molecule has 1 aromatic rings. The lowest BCUT2D eigenvalue weighted by molar-refractivity contribution is 0.0696. The Labute approximate surface area is 107 Å². The molecule has 0 fully saturated rings. The molecule has 0 aliphatic heterocycles. The van der Waals surface area contributed by atoms with Gasteiger partial charge in [0, 0.05) is 4.47 Å². The second-order valence-electron chi connectivity index (χ2n) is 3.31. The lowest BCUT2D eigenvalue weighted by Crippen LogP contribution is -2.09. The molecule has 94 valence electrons. The molecular weight excluding hydrogens is 315 g/mol. The predicted octanol–water partition coefficient (Wildman–Crippen LogP) is 2.28. The molecule has 0 atom stereocenters. The number of carbonyl (C=O) groups is 1. The summed E-state index contributed by atoms with van der Waals surface area (Å²) in [7, 11) is -3.66. The van der Waals surface area contributed by atoms with Crippen LogP contribution in [-0.2, 0) is 9.84 Å². The molecule has 0 aliphatic carbocycles. The molecule has 0 amide bonds. The first-order valence-corrected chi connectivity index (χ1v) is 7.14. The number of carboxylic acids is 1. The van der Waals surface area contributed by atoms with Crippen LogP contribution in [0.2, 0.25) is 0 Å². The van der Waals surface area contributed by atoms with Gasteiger partial charge in [-0.3, -0.25) is 4.39 Å². The molecule has 17 heavy (non-hydrogen) atoms. The average Bonchev–Trinajstić information content (AvgIpc) is 2.26. The van der Waals surface area contributed by atoms with E-state index < -0.39 is 22.5 Å². The molecule has 4 nitrogen and oxygen atoms in total. The molecular formula is C10H10BrFO4S. The van der Waals surface area contributed by atoms with Crippen LogP contribution in [-0.4, -0.2) is 31.9 Å². The van der Waals surface area contributed by atoms with E-state index in [9.17, 15) is 17.6 Å². The van der Waals surface area contributed by atoms with Crippen LogP contribution < -0.4 is 0 Å². The number of hydrogen-bond donors (Lipinski definition) is 1. The van der Waals surface area contributed by atoms with E-state index in [2.05, 4.69) is 15.9 Å². The fourth-order valence-corrected chi connectivity index (χ4v) is 3.60. The maximum Gasteiger partial charge on any atom is 0.335 e. The van der Waals surface area contributed by atoms with Crippen LogP contribution >= 0.6 is 15.9 Å². The highest BCUT2D eigenvalue weighted by Crippen LogP contribution is 2.24. The molecule has 0 radical (unpaired) electrons. The van der Waals surface area contributed by atoms with Crippen molar-refractivity contribution in [2.45, 2.75) is 11.3 Å². The third kappa shape index (κ3) is 3.50. The standard InChI is InChI=1S/C10H10BrFO4S/c11-8-3-2-7(10(13)14)6-9(8)17(15,16)5-1-4-12/h2-3,6H,1,4-5H2,(H,13,14). The van der Waals surface area contributed by atoms with E-state index in [0.717, 1.165) is 6.07 Å². The van der Waals surface area contributed by atoms with Crippen LogP contribution in [0.25, 0.3) is 0 Å². The Morgan fingerprint density at radius 3 is 2.59 bits per heavy atom. The molecule has 0 saturated carbocycles. The van der Waals surface area contributed by atoms with Crippen LogP contribution in [0.15, 0.2) is 27.6 Å². The highest BCUT2D eigenvalue weighted by Gasteiger charge is 2.19. The largest absolute Gasteiger partial charge is 0.478 e. The van der Waals surface area contributed by atoms with E-state index in [0.29, 0.717) is 0 Å². The van der Waals surface area contributed by atoms with Crippen molar-refractivity contribution in [3.63, 3.8) is 0 Å². The minimum absolute atomic E-state index is 0.105. The Balaban J connectivity index is 3.20. The van der Waals surface area contributed by atoms with E-state index >= 15 is 0 Å². The monoisotopic (exact) mass is 324 g/mol. The Morgan fingerprint density at radius 2 is 2.06 bits per heavy atom. The third-order valence-corrected chi connectivity index (χ3v) is 4.85. The molecule has 0 saturated heterocycles. The number of alkyl halides is 1. The average molecular weight is 325 g/mol. The van der Waals surface area contributed by atoms with Gasteiger partial charge in [-0.25, -0.2) is 13.2 Å². The summed E-state index contributed by atoms with van der Waals surface area (Å²) in [5.74, 6) is -1.55. The van der Waals surface area contributed by atoms with Crippen molar-refractivity contribution in [2.24, 2.45) is 0 Å². The van der Waals surface area contributed by atoms with Gasteiger partial charge in [0.25, 0.3) is 0 Å². The zero-order chi connectivity index (χ0) is 13.1. The number of rotatable bonds is 5. The van der Waals surface area contributed by atoms with Gasteiger partial charge in [-0.2, -0.15) is 0 Å². The molecule has 0 unspecified atom stereocenters. The van der Waals surface area contributed by atoms with Crippen molar-refractivity contribution in [3.05, 3.63) is 28.2 Å². The van der Waals surface area contributed by atoms with Gasteiger partial charge in [-0.05, 0) is 40.5 Å². The molecule has 0 aliphatic rings. The van der Waals surface area contributed by atoms with Gasteiger partial charge in [-0.15, -0.1) is 0 Å². The number of halogens is 2. The predicted molar refractivity (Wildman–Crippen MR) is 63.7 cm³/mol. The van der Waals surface area contributed by atoms with Crippen molar-refractivity contribution >= 4 is 31.7 Å².